The van der Waals surface area contributed by atoms with Crippen LogP contribution in [0.4, 0.5) is 62.6 Å². The van der Waals surface area contributed by atoms with E-state index < -0.39 is 4.92 Å². The van der Waals surface area contributed by atoms with Crippen molar-refractivity contribution in [1.82, 2.24) is 10.6 Å². The molecule has 98 heavy (non-hydrogen) atoms. The molecule has 0 spiro atoms. The maximum absolute atomic E-state index is 13.1. The summed E-state index contributed by atoms with van der Waals surface area (Å²) in [6.45, 7) is 8.25. The molecular weight excluding hydrogens is 1840 g/mol. The summed E-state index contributed by atoms with van der Waals surface area (Å²) in [7, 11) is 3.41. The Balaban J connectivity index is 0.000000168. The summed E-state index contributed by atoms with van der Waals surface area (Å²) in [5, 5.41) is 40.2. The Morgan fingerprint density at radius 2 is 0.776 bits per heavy atom. The maximum Gasteiger partial charge on any atom is 0.270 e. The number of hydrogen-bond donors (Lipinski definition) is 7. The van der Waals surface area contributed by atoms with Gasteiger partial charge in [0.15, 0.2) is 0 Å². The predicted octanol–water partition coefficient (Wildman–Crippen LogP) is 20.4. The normalized spacial score (nSPS) is 11.2. The molecule has 1 fully saturated rings. The van der Waals surface area contributed by atoms with Crippen LogP contribution in [0.15, 0.2) is 206 Å². The van der Waals surface area contributed by atoms with Crippen molar-refractivity contribution < 1.29 is 29.2 Å². The molecule has 0 atom stereocenters. The highest BCUT2D eigenvalue weighted by Crippen LogP contribution is 2.34. The topological polar surface area (TPSA) is 210 Å². The second-order valence-corrected chi connectivity index (χ2v) is 29.6. The summed E-state index contributed by atoms with van der Waals surface area (Å²) >= 11 is 23.5. The van der Waals surface area contributed by atoms with Gasteiger partial charge in [-0.05, 0) is 333 Å². The van der Waals surface area contributed by atoms with Gasteiger partial charge in [-0.1, -0.05) is 59.6 Å². The molecule has 0 heterocycles. The summed E-state index contributed by atoms with van der Waals surface area (Å²) in [6.07, 6.45) is 2.12. The van der Waals surface area contributed by atoms with E-state index in [0.29, 0.717) is 44.2 Å². The van der Waals surface area contributed by atoms with Gasteiger partial charge >= 0.3 is 0 Å². The van der Waals surface area contributed by atoms with Crippen LogP contribution in [0.5, 0.6) is 0 Å². The smallest absolute Gasteiger partial charge is 0.270 e. The van der Waals surface area contributed by atoms with E-state index in [1.54, 1.807) is 49.3 Å². The number of para-hydroxylation sites is 2. The molecule has 1 aliphatic carbocycles. The van der Waals surface area contributed by atoms with Crippen LogP contribution in [0.3, 0.4) is 0 Å². The highest BCUT2D eigenvalue weighted by atomic mass is 127. The molecular formula is C75H68Cl2I5N9O7. The van der Waals surface area contributed by atoms with Crippen LogP contribution in [-0.4, -0.2) is 66.9 Å². The van der Waals surface area contributed by atoms with Gasteiger partial charge in [0.25, 0.3) is 29.3 Å². The van der Waals surface area contributed by atoms with Crippen molar-refractivity contribution in [2.45, 2.75) is 46.6 Å². The fraction of sp³-hybridized carbons (Fsp3) is 0.147. The lowest BCUT2D eigenvalue weighted by molar-refractivity contribution is -0.384. The number of aliphatic hydroxyl groups is 1. The molecule has 0 bridgehead atoms. The van der Waals surface area contributed by atoms with Crippen LogP contribution < -0.4 is 41.7 Å². The van der Waals surface area contributed by atoms with Crippen LogP contribution in [0.2, 0.25) is 10.0 Å². The number of nitrogens with one attached hydrogen (secondary N) is 6. The first-order valence-electron chi connectivity index (χ1n) is 30.5. The fourth-order valence-electron chi connectivity index (χ4n) is 9.67. The van der Waals surface area contributed by atoms with Crippen molar-refractivity contribution in [3.8, 4) is 0 Å². The maximum atomic E-state index is 13.1. The molecule has 0 aliphatic heterocycles. The first-order chi connectivity index (χ1) is 46.8. The van der Waals surface area contributed by atoms with E-state index in [0.717, 1.165) is 87.7 Å². The molecule has 0 unspecified atom stereocenters. The summed E-state index contributed by atoms with van der Waals surface area (Å²) < 4.78 is 5.61. The van der Waals surface area contributed by atoms with Gasteiger partial charge in [-0.25, -0.2) is 0 Å². The standard InChI is InChI=1S/C21H18ClIN2O.C21H18IN3O3.C17H16ClIN2O.C16H16I2N2O2/c1-14-12-16(23)9-11-19(14)24-20-10-8-15(22)13-18(20)21(26)25(2)17-6-4-3-5-7-17;1-14-12-15(22)8-10-19(14)23-20-11-9-17(25(27)28)13-18(20)21(26)24(2)16-6-4-3-5-7-16;1-10-8-12(19)3-7-15(10)21-16-6-2-11(18)9-14(16)17(22)20-13-4-5-13;1-10-8-11(17)2-4-14(10)20-15-5-3-12(18)9-13(15)16(22)19-6-7-21/h3-13,24H,1-2H3;3-13,23H,1-2H3;2-3,6-9,13,21H,4-5H2,1H3,(H,20,22);2-5,8-9,20-21H,6-7H2,1H3,(H,19,22). The van der Waals surface area contributed by atoms with Crippen LogP contribution >= 0.6 is 136 Å². The molecule has 23 heteroatoms. The van der Waals surface area contributed by atoms with E-state index in [2.05, 4.69) is 163 Å². The van der Waals surface area contributed by atoms with Gasteiger partial charge in [-0.2, -0.15) is 0 Å². The zero-order chi connectivity index (χ0) is 70.7. The lowest BCUT2D eigenvalue weighted by atomic mass is 10.1. The largest absolute Gasteiger partial charge is 0.395 e. The number of anilines is 10. The Morgan fingerprint density at radius 3 is 1.14 bits per heavy atom. The molecule has 10 aromatic carbocycles. The number of benzene rings is 10. The zero-order valence-corrected chi connectivity index (χ0v) is 66.2. The number of nitro benzene ring substituents is 1. The molecule has 1 saturated carbocycles. The predicted molar refractivity (Wildman–Crippen MR) is 442 cm³/mol. The second-order valence-electron chi connectivity index (χ2n) is 22.5. The van der Waals surface area contributed by atoms with E-state index in [9.17, 15) is 29.3 Å². The van der Waals surface area contributed by atoms with Gasteiger partial charge in [-0.15, -0.1) is 0 Å². The van der Waals surface area contributed by atoms with Crippen molar-refractivity contribution in [2.75, 3.05) is 58.3 Å². The summed E-state index contributed by atoms with van der Waals surface area (Å²) in [5.74, 6) is -0.723. The number of non-ortho nitro benzene ring substituents is 1. The van der Waals surface area contributed by atoms with E-state index in [4.69, 9.17) is 28.3 Å². The highest BCUT2D eigenvalue weighted by Gasteiger charge is 2.26. The first kappa shape index (κ1) is 76.6. The lowest BCUT2D eigenvalue weighted by Gasteiger charge is -2.20. The Bertz CT molecular complexity index is 4530. The molecule has 1 aliphatic rings. The number of aliphatic hydroxyl groups excluding tert-OH is 1. The minimum Gasteiger partial charge on any atom is -0.395 e. The molecule has 11 rings (SSSR count). The molecule has 0 radical (unpaired) electrons. The Kier molecular flexibility index (Phi) is 28.8. The molecule has 0 saturated heterocycles. The summed E-state index contributed by atoms with van der Waals surface area (Å²) in [4.78, 5) is 64.7. The van der Waals surface area contributed by atoms with Crippen molar-refractivity contribution in [3.05, 3.63) is 289 Å². The quantitative estimate of drug-likeness (QED) is 0.0244. The minimum absolute atomic E-state index is 0.0735. The van der Waals surface area contributed by atoms with Gasteiger partial charge in [0, 0.05) is 101 Å². The Labute approximate surface area is 648 Å². The van der Waals surface area contributed by atoms with Gasteiger partial charge in [0.2, 0.25) is 0 Å². The number of carbonyl (C=O) groups excluding carboxylic acids is 4. The van der Waals surface area contributed by atoms with Crippen molar-refractivity contribution in [3.63, 3.8) is 0 Å². The second kappa shape index (κ2) is 36.8. The van der Waals surface area contributed by atoms with E-state index in [-0.39, 0.29) is 48.0 Å². The van der Waals surface area contributed by atoms with Gasteiger partial charge < -0.3 is 46.8 Å². The number of hydrogen-bond acceptors (Lipinski definition) is 11. The molecule has 4 amide bonds. The number of aryl methyl sites for hydroxylation is 4. The van der Waals surface area contributed by atoms with Gasteiger partial charge in [0.05, 0.1) is 56.5 Å². The van der Waals surface area contributed by atoms with Gasteiger partial charge in [0.1, 0.15) is 0 Å². The first-order valence-corrected chi connectivity index (χ1v) is 36.7. The van der Waals surface area contributed by atoms with Crippen molar-refractivity contribution in [2.24, 2.45) is 0 Å². The van der Waals surface area contributed by atoms with Crippen LogP contribution in [0.25, 0.3) is 0 Å². The third-order valence-electron chi connectivity index (χ3n) is 15.1. The summed E-state index contributed by atoms with van der Waals surface area (Å²) in [6, 6.07) is 64.0. The fourth-order valence-corrected chi connectivity index (χ4v) is 13.1. The van der Waals surface area contributed by atoms with Crippen LogP contribution in [-0.2, 0) is 0 Å². The number of halogens is 7. The Morgan fingerprint density at radius 1 is 0.449 bits per heavy atom. The molecule has 7 N–H and O–H groups in total. The zero-order valence-electron chi connectivity index (χ0n) is 53.9. The average Bonchev–Trinajstić information content (AvgIpc) is 0.928. The Hall–Kier alpha value is -7.13. The summed E-state index contributed by atoms with van der Waals surface area (Å²) in [5.41, 5.74) is 14.2. The van der Waals surface area contributed by atoms with E-state index in [1.165, 1.54) is 27.7 Å². The number of amides is 4. The van der Waals surface area contributed by atoms with E-state index in [1.807, 2.05) is 173 Å². The monoisotopic (exact) mass is 1910 g/mol. The van der Waals surface area contributed by atoms with Crippen LogP contribution in [0, 0.1) is 55.7 Å². The third-order valence-corrected chi connectivity index (χ3v) is 19.0. The molecule has 504 valence electrons. The van der Waals surface area contributed by atoms with Crippen molar-refractivity contribution >= 4 is 222 Å². The number of rotatable bonds is 18. The van der Waals surface area contributed by atoms with Crippen LogP contribution in [0.1, 0.15) is 76.5 Å². The number of nitrogens with zero attached hydrogens (tertiary/aromatic N) is 3. The molecule has 16 nitrogen and oxygen atoms in total. The lowest BCUT2D eigenvalue weighted by Crippen LogP contribution is -2.27. The SMILES string of the molecule is Cc1cc(I)ccc1Nc1ccc(Cl)cc1C(=O)N(C)c1ccccc1.Cc1cc(I)ccc1Nc1ccc(Cl)cc1C(=O)NC1CC1.Cc1cc(I)ccc1Nc1ccc(I)cc1C(=O)NCCO.Cc1cc(I)ccc1Nc1ccc([N+](=O)[O-])cc1C(=O)N(C)c1ccccc1. The number of carbonyl (C=O) groups is 4. The molecule has 10 aromatic rings. The highest BCUT2D eigenvalue weighted by molar-refractivity contribution is 14.1. The van der Waals surface area contributed by atoms with Gasteiger partial charge in [-0.3, -0.25) is 29.3 Å². The molecule has 0 aromatic heterocycles. The van der Waals surface area contributed by atoms with Crippen molar-refractivity contribution in [1.29, 1.82) is 0 Å². The minimum atomic E-state index is -0.501. The third kappa shape index (κ3) is 22.2. The van der Waals surface area contributed by atoms with E-state index >= 15 is 0 Å². The number of nitro groups is 1. The average molecular weight is 1910 g/mol.